The molecule has 0 atom stereocenters. The van der Waals surface area contributed by atoms with Crippen molar-refractivity contribution in [2.75, 3.05) is 12.4 Å². The van der Waals surface area contributed by atoms with E-state index in [-0.39, 0.29) is 16.8 Å². The monoisotopic (exact) mass is 453 g/mol. The topological polar surface area (TPSA) is 93.3 Å². The number of amides is 1. The van der Waals surface area contributed by atoms with Crippen LogP contribution in [0.3, 0.4) is 0 Å². The third-order valence-corrected chi connectivity index (χ3v) is 4.75. The summed E-state index contributed by atoms with van der Waals surface area (Å²) < 4.78 is 40.5. The summed E-state index contributed by atoms with van der Waals surface area (Å²) in [6.07, 6.45) is -0.653. The Morgan fingerprint density at radius 3 is 2.58 bits per heavy atom. The number of allylic oxidation sites excluding steroid dienone is 1. The van der Waals surface area contributed by atoms with Gasteiger partial charge in [0.1, 0.15) is 5.82 Å². The Kier molecular flexibility index (Phi) is 6.91. The molecule has 0 unspecified atom stereocenters. The summed E-state index contributed by atoms with van der Waals surface area (Å²) >= 11 is 0. The maximum absolute atomic E-state index is 13.5. The van der Waals surface area contributed by atoms with Crippen LogP contribution in [0.2, 0.25) is 0 Å². The van der Waals surface area contributed by atoms with Gasteiger partial charge in [0.05, 0.1) is 23.1 Å². The number of carbonyl (C=O) groups excluding carboxylic acids is 1. The number of aliphatic imine (C=N–C) groups is 1. The summed E-state index contributed by atoms with van der Waals surface area (Å²) in [5.41, 5.74) is 7.04. The molecule has 0 radical (unpaired) electrons. The summed E-state index contributed by atoms with van der Waals surface area (Å²) in [6.45, 7) is 3.66. The number of benzene rings is 2. The van der Waals surface area contributed by atoms with Gasteiger partial charge in [-0.05, 0) is 44.2 Å². The first kappa shape index (κ1) is 23.6. The van der Waals surface area contributed by atoms with Crippen LogP contribution in [0.15, 0.2) is 59.7 Å². The van der Waals surface area contributed by atoms with Crippen molar-refractivity contribution in [2.45, 2.75) is 20.0 Å². The van der Waals surface area contributed by atoms with Crippen LogP contribution in [0.5, 0.6) is 0 Å². The highest BCUT2D eigenvalue weighted by molar-refractivity contribution is 6.06. The van der Waals surface area contributed by atoms with E-state index in [4.69, 9.17) is 5.73 Å². The number of nitrogens with two attached hydrogens (primary N) is 1. The van der Waals surface area contributed by atoms with E-state index in [1.165, 1.54) is 25.5 Å². The maximum atomic E-state index is 13.5. The first-order valence-corrected chi connectivity index (χ1v) is 9.91. The largest absolute Gasteiger partial charge is 0.417 e. The second kappa shape index (κ2) is 9.64. The van der Waals surface area contributed by atoms with E-state index in [0.717, 1.165) is 29.3 Å². The number of nitrogens with zero attached hydrogens (tertiary/aromatic N) is 3. The van der Waals surface area contributed by atoms with E-state index in [2.05, 4.69) is 20.3 Å². The van der Waals surface area contributed by atoms with Gasteiger partial charge in [-0.25, -0.2) is 9.97 Å². The zero-order valence-corrected chi connectivity index (χ0v) is 18.2. The van der Waals surface area contributed by atoms with Crippen LogP contribution in [-0.4, -0.2) is 29.1 Å². The van der Waals surface area contributed by atoms with Gasteiger partial charge in [0, 0.05) is 35.6 Å². The lowest BCUT2D eigenvalue weighted by molar-refractivity contribution is -0.137. The molecule has 33 heavy (non-hydrogen) atoms. The number of carbonyl (C=O) groups is 1. The number of hydrogen-bond acceptors (Lipinski definition) is 5. The summed E-state index contributed by atoms with van der Waals surface area (Å²) in [4.78, 5) is 25.2. The number of halogens is 3. The van der Waals surface area contributed by atoms with Gasteiger partial charge in [0.2, 0.25) is 0 Å². The van der Waals surface area contributed by atoms with E-state index in [0.29, 0.717) is 17.2 Å². The molecule has 1 aromatic heterocycles. The second-order valence-corrected chi connectivity index (χ2v) is 7.29. The first-order chi connectivity index (χ1) is 15.6. The van der Waals surface area contributed by atoms with Crippen LogP contribution in [0.25, 0.3) is 17.0 Å². The van der Waals surface area contributed by atoms with Crippen LogP contribution in [-0.2, 0) is 6.18 Å². The van der Waals surface area contributed by atoms with Crippen molar-refractivity contribution in [1.29, 1.82) is 0 Å². The smallest absolute Gasteiger partial charge is 0.398 e. The molecule has 0 saturated heterocycles. The van der Waals surface area contributed by atoms with E-state index >= 15 is 0 Å². The molecule has 0 bridgehead atoms. The number of aromatic nitrogens is 2. The predicted molar refractivity (Wildman–Crippen MR) is 123 cm³/mol. The molecule has 0 saturated carbocycles. The van der Waals surface area contributed by atoms with Gasteiger partial charge in [0.15, 0.2) is 0 Å². The van der Waals surface area contributed by atoms with E-state index < -0.39 is 17.6 Å². The van der Waals surface area contributed by atoms with E-state index in [1.54, 1.807) is 6.92 Å². The Labute approximate surface area is 189 Å². The van der Waals surface area contributed by atoms with Crippen molar-refractivity contribution in [3.05, 3.63) is 82.8 Å². The highest BCUT2D eigenvalue weighted by Gasteiger charge is 2.34. The molecule has 6 nitrogen and oxygen atoms in total. The zero-order valence-electron chi connectivity index (χ0n) is 18.2. The Balaban J connectivity index is 2.02. The van der Waals surface area contributed by atoms with Crippen molar-refractivity contribution in [1.82, 2.24) is 9.97 Å². The molecule has 2 aromatic carbocycles. The SMILES string of the molecule is CN=CC=C(N)c1cc(C(=O)Nc2cnc(C)nc2-c2cccc(C)c2)ccc1C(F)(F)F. The minimum Gasteiger partial charge on any atom is -0.398 e. The van der Waals surface area contributed by atoms with Crippen molar-refractivity contribution >= 4 is 23.5 Å². The van der Waals surface area contributed by atoms with Gasteiger partial charge in [-0.1, -0.05) is 23.8 Å². The lowest BCUT2D eigenvalue weighted by Gasteiger charge is -2.15. The Morgan fingerprint density at radius 1 is 1.15 bits per heavy atom. The maximum Gasteiger partial charge on any atom is 0.417 e. The van der Waals surface area contributed by atoms with Gasteiger partial charge in [-0.2, -0.15) is 13.2 Å². The molecule has 0 aliphatic carbocycles. The molecule has 0 fully saturated rings. The molecule has 3 rings (SSSR count). The summed E-state index contributed by atoms with van der Waals surface area (Å²) in [5, 5.41) is 2.71. The van der Waals surface area contributed by atoms with Crippen LogP contribution < -0.4 is 11.1 Å². The van der Waals surface area contributed by atoms with Crippen LogP contribution in [0.1, 0.15) is 32.9 Å². The molecular weight excluding hydrogens is 431 g/mol. The fourth-order valence-electron chi connectivity index (χ4n) is 3.18. The average molecular weight is 453 g/mol. The second-order valence-electron chi connectivity index (χ2n) is 7.29. The number of rotatable bonds is 5. The number of alkyl halides is 3. The third kappa shape index (κ3) is 5.62. The average Bonchev–Trinajstić information content (AvgIpc) is 2.77. The molecule has 3 aromatic rings. The lowest BCUT2D eigenvalue weighted by Crippen LogP contribution is -2.17. The van der Waals surface area contributed by atoms with Gasteiger partial charge in [-0.15, -0.1) is 0 Å². The molecule has 1 heterocycles. The molecule has 3 N–H and O–H groups in total. The van der Waals surface area contributed by atoms with Crippen LogP contribution >= 0.6 is 0 Å². The number of hydrogen-bond donors (Lipinski definition) is 2. The van der Waals surface area contributed by atoms with Crippen molar-refractivity contribution in [2.24, 2.45) is 10.7 Å². The molecule has 9 heteroatoms. The summed E-state index contributed by atoms with van der Waals surface area (Å²) in [5.74, 6) is -0.111. The van der Waals surface area contributed by atoms with Gasteiger partial charge >= 0.3 is 6.18 Å². The minimum absolute atomic E-state index is 0.00134. The third-order valence-electron chi connectivity index (χ3n) is 4.75. The summed E-state index contributed by atoms with van der Waals surface area (Å²) in [6, 6.07) is 10.6. The molecule has 0 aliphatic rings. The van der Waals surface area contributed by atoms with Crippen molar-refractivity contribution < 1.29 is 18.0 Å². The van der Waals surface area contributed by atoms with Gasteiger partial charge in [-0.3, -0.25) is 9.79 Å². The van der Waals surface area contributed by atoms with Crippen LogP contribution in [0.4, 0.5) is 18.9 Å². The standard InChI is InChI=1S/C24H22F3N5O/c1-14-5-4-6-16(11-14)22-21(13-30-15(2)31-22)32-23(33)17-7-8-19(24(25,26)27)18(12-17)20(28)9-10-29-3/h4-13H,28H2,1-3H3,(H,32,33). The molecule has 170 valence electrons. The summed E-state index contributed by atoms with van der Waals surface area (Å²) in [7, 11) is 1.47. The fourth-order valence-corrected chi connectivity index (χ4v) is 3.18. The fraction of sp³-hybridized carbons (Fsp3) is 0.167. The van der Waals surface area contributed by atoms with Crippen molar-refractivity contribution in [3.8, 4) is 11.3 Å². The minimum atomic E-state index is -4.64. The first-order valence-electron chi connectivity index (χ1n) is 9.91. The predicted octanol–water partition coefficient (Wildman–Crippen LogP) is 5.03. The number of aryl methyl sites for hydroxylation is 2. The highest BCUT2D eigenvalue weighted by atomic mass is 19.4. The van der Waals surface area contributed by atoms with E-state index in [9.17, 15) is 18.0 Å². The molecule has 0 aliphatic heterocycles. The highest BCUT2D eigenvalue weighted by Crippen LogP contribution is 2.35. The molecule has 1 amide bonds. The van der Waals surface area contributed by atoms with Crippen LogP contribution in [0, 0.1) is 13.8 Å². The van der Waals surface area contributed by atoms with Gasteiger partial charge in [0.25, 0.3) is 5.91 Å². The Bertz CT molecular complexity index is 1250. The zero-order chi connectivity index (χ0) is 24.2. The van der Waals surface area contributed by atoms with E-state index in [1.807, 2.05) is 31.2 Å². The normalized spacial score (nSPS) is 12.2. The quantitative estimate of drug-likeness (QED) is 0.530. The Morgan fingerprint density at radius 2 is 1.91 bits per heavy atom. The van der Waals surface area contributed by atoms with Crippen molar-refractivity contribution in [3.63, 3.8) is 0 Å². The molecular formula is C24H22F3N5O. The Hall–Kier alpha value is -4.01. The van der Waals surface area contributed by atoms with Gasteiger partial charge < -0.3 is 11.1 Å². The molecule has 0 spiro atoms. The lowest BCUT2D eigenvalue weighted by atomic mass is 10.00. The number of anilines is 1. The number of nitrogens with one attached hydrogen (secondary N) is 1.